The average Bonchev–Trinajstić information content (AvgIpc) is 3.06. The fourth-order valence-corrected chi connectivity index (χ4v) is 3.75. The highest BCUT2D eigenvalue weighted by atomic mass is 16.2. The van der Waals surface area contributed by atoms with E-state index in [4.69, 9.17) is 0 Å². The van der Waals surface area contributed by atoms with E-state index >= 15 is 0 Å². The number of aromatic nitrogens is 4. The zero-order valence-electron chi connectivity index (χ0n) is 15.9. The van der Waals surface area contributed by atoms with E-state index in [9.17, 15) is 14.4 Å². The monoisotopic (exact) mass is 381 g/mol. The number of H-pyrrole nitrogens is 1. The summed E-state index contributed by atoms with van der Waals surface area (Å²) in [5.74, 6) is 0.529. The van der Waals surface area contributed by atoms with Gasteiger partial charge in [-0.3, -0.25) is 24.0 Å². The standard InChI is InChI=1S/C20H23N5O3/c1-23-18-17(19(27)22-20(23)28)25(12-15(26)14-8-4-2-5-9-14)16(21-18)13-24-10-6-3-7-11-24/h2,4-5,8-9H,3,6-7,10-13H2,1H3,(H,22,27,28). The first kappa shape index (κ1) is 18.4. The molecule has 0 amide bonds. The van der Waals surface area contributed by atoms with Crippen molar-refractivity contribution in [2.75, 3.05) is 13.1 Å². The summed E-state index contributed by atoms with van der Waals surface area (Å²) < 4.78 is 2.98. The molecule has 0 atom stereocenters. The van der Waals surface area contributed by atoms with Crippen LogP contribution < -0.4 is 11.2 Å². The molecule has 3 heterocycles. The molecule has 3 aromatic rings. The smallest absolute Gasteiger partial charge is 0.313 e. The van der Waals surface area contributed by atoms with Crippen molar-refractivity contribution in [3.8, 4) is 0 Å². The highest BCUT2D eigenvalue weighted by Crippen LogP contribution is 2.17. The highest BCUT2D eigenvalue weighted by Gasteiger charge is 2.22. The van der Waals surface area contributed by atoms with Crippen LogP contribution in [-0.2, 0) is 20.1 Å². The lowest BCUT2D eigenvalue weighted by Crippen LogP contribution is -2.31. The van der Waals surface area contributed by atoms with Gasteiger partial charge in [0, 0.05) is 12.6 Å². The Morgan fingerprint density at radius 1 is 1.11 bits per heavy atom. The lowest BCUT2D eigenvalue weighted by Gasteiger charge is -2.26. The normalized spacial score (nSPS) is 15.2. The number of carbonyl (C=O) groups is 1. The number of carbonyl (C=O) groups excluding carboxylic acids is 1. The summed E-state index contributed by atoms with van der Waals surface area (Å²) >= 11 is 0. The number of Topliss-reactive ketones (excluding diaryl/α,β-unsaturated/α-hetero) is 1. The van der Waals surface area contributed by atoms with Crippen LogP contribution in [0.3, 0.4) is 0 Å². The molecule has 28 heavy (non-hydrogen) atoms. The van der Waals surface area contributed by atoms with Gasteiger partial charge in [-0.25, -0.2) is 9.78 Å². The van der Waals surface area contributed by atoms with Crippen molar-refractivity contribution in [2.45, 2.75) is 32.4 Å². The Morgan fingerprint density at radius 3 is 2.54 bits per heavy atom. The van der Waals surface area contributed by atoms with Crippen molar-refractivity contribution in [1.29, 1.82) is 0 Å². The third-order valence-electron chi connectivity index (χ3n) is 5.30. The van der Waals surface area contributed by atoms with E-state index in [0.29, 0.717) is 23.6 Å². The maximum atomic E-state index is 12.8. The molecule has 0 bridgehead atoms. The number of likely N-dealkylation sites (tertiary alicyclic amines) is 1. The van der Waals surface area contributed by atoms with Crippen LogP contribution in [-0.4, -0.2) is 42.9 Å². The fourth-order valence-electron chi connectivity index (χ4n) is 3.75. The van der Waals surface area contributed by atoms with E-state index in [1.807, 2.05) is 18.2 Å². The minimum atomic E-state index is -0.517. The number of rotatable bonds is 5. The first-order valence-electron chi connectivity index (χ1n) is 9.53. The van der Waals surface area contributed by atoms with E-state index in [2.05, 4.69) is 14.9 Å². The van der Waals surface area contributed by atoms with Crippen LogP contribution in [0.1, 0.15) is 35.4 Å². The molecule has 1 aliphatic heterocycles. The number of aromatic amines is 1. The number of benzene rings is 1. The van der Waals surface area contributed by atoms with Gasteiger partial charge in [0.15, 0.2) is 16.9 Å². The SMILES string of the molecule is Cn1c(=O)[nH]c(=O)c2c1nc(CN1CCCCC1)n2CC(=O)c1ccccc1. The second-order valence-corrected chi connectivity index (χ2v) is 7.23. The van der Waals surface area contributed by atoms with Crippen LogP contribution >= 0.6 is 0 Å². The topological polar surface area (TPSA) is 93.0 Å². The molecule has 1 saturated heterocycles. The van der Waals surface area contributed by atoms with E-state index in [1.54, 1.807) is 23.7 Å². The molecular formula is C20H23N5O3. The van der Waals surface area contributed by atoms with Crippen molar-refractivity contribution in [2.24, 2.45) is 7.05 Å². The maximum absolute atomic E-state index is 12.8. The molecule has 8 nitrogen and oxygen atoms in total. The minimum Gasteiger partial charge on any atom is -0.313 e. The number of fused-ring (bicyclic) bond motifs is 1. The predicted molar refractivity (Wildman–Crippen MR) is 105 cm³/mol. The Hall–Kier alpha value is -3.00. The molecule has 1 N–H and O–H groups in total. The lowest BCUT2D eigenvalue weighted by molar-refractivity contribution is 0.0970. The molecule has 1 aliphatic rings. The quantitative estimate of drug-likeness (QED) is 0.673. The molecule has 146 valence electrons. The Kier molecular flexibility index (Phi) is 4.95. The number of ketones is 1. The van der Waals surface area contributed by atoms with Crippen molar-refractivity contribution < 1.29 is 4.79 Å². The molecular weight excluding hydrogens is 358 g/mol. The second-order valence-electron chi connectivity index (χ2n) is 7.23. The highest BCUT2D eigenvalue weighted by molar-refractivity contribution is 5.96. The Labute approximate surface area is 161 Å². The van der Waals surface area contributed by atoms with Gasteiger partial charge in [-0.15, -0.1) is 0 Å². The summed E-state index contributed by atoms with van der Waals surface area (Å²) in [7, 11) is 1.57. The first-order valence-corrected chi connectivity index (χ1v) is 9.53. The summed E-state index contributed by atoms with van der Waals surface area (Å²) in [5.41, 5.74) is 0.118. The zero-order valence-corrected chi connectivity index (χ0v) is 15.9. The number of hydrogen-bond donors (Lipinski definition) is 1. The molecule has 1 aromatic carbocycles. The summed E-state index contributed by atoms with van der Waals surface area (Å²) in [6.07, 6.45) is 3.47. The number of piperidine rings is 1. The van der Waals surface area contributed by atoms with Gasteiger partial charge < -0.3 is 4.57 Å². The molecule has 2 aromatic heterocycles. The first-order chi connectivity index (χ1) is 13.5. The lowest BCUT2D eigenvalue weighted by atomic mass is 10.1. The van der Waals surface area contributed by atoms with Crippen molar-refractivity contribution >= 4 is 16.9 Å². The van der Waals surface area contributed by atoms with Crippen molar-refractivity contribution in [3.05, 3.63) is 62.6 Å². The van der Waals surface area contributed by atoms with Gasteiger partial charge in [0.2, 0.25) is 0 Å². The summed E-state index contributed by atoms with van der Waals surface area (Å²) in [5, 5.41) is 0. The third-order valence-corrected chi connectivity index (χ3v) is 5.30. The number of hydrogen-bond acceptors (Lipinski definition) is 5. The van der Waals surface area contributed by atoms with Crippen molar-refractivity contribution in [3.63, 3.8) is 0 Å². The molecule has 0 radical (unpaired) electrons. The second kappa shape index (κ2) is 7.55. The van der Waals surface area contributed by atoms with E-state index < -0.39 is 11.2 Å². The molecule has 0 spiro atoms. The van der Waals surface area contributed by atoms with Gasteiger partial charge in [0.25, 0.3) is 5.56 Å². The molecule has 4 rings (SSSR count). The van der Waals surface area contributed by atoms with Crippen LogP contribution in [0.5, 0.6) is 0 Å². The summed E-state index contributed by atoms with van der Waals surface area (Å²) in [6.45, 7) is 2.48. The average molecular weight is 381 g/mol. The minimum absolute atomic E-state index is 0.00493. The van der Waals surface area contributed by atoms with Gasteiger partial charge in [-0.2, -0.15) is 0 Å². The summed E-state index contributed by atoms with van der Waals surface area (Å²) in [6, 6.07) is 8.98. The Morgan fingerprint density at radius 2 is 1.82 bits per heavy atom. The van der Waals surface area contributed by atoms with Crippen LogP contribution in [0.4, 0.5) is 0 Å². The van der Waals surface area contributed by atoms with Crippen LogP contribution in [0.15, 0.2) is 39.9 Å². The van der Waals surface area contributed by atoms with E-state index in [-0.39, 0.29) is 17.8 Å². The zero-order chi connectivity index (χ0) is 19.7. The molecule has 0 unspecified atom stereocenters. The van der Waals surface area contributed by atoms with Gasteiger partial charge in [0.1, 0.15) is 5.82 Å². The molecule has 1 fully saturated rings. The van der Waals surface area contributed by atoms with Crippen LogP contribution in [0.2, 0.25) is 0 Å². The molecule has 8 heteroatoms. The largest absolute Gasteiger partial charge is 0.329 e. The maximum Gasteiger partial charge on any atom is 0.329 e. The van der Waals surface area contributed by atoms with Gasteiger partial charge in [-0.05, 0) is 25.9 Å². The number of aryl methyl sites for hydroxylation is 1. The van der Waals surface area contributed by atoms with Gasteiger partial charge in [-0.1, -0.05) is 36.8 Å². The van der Waals surface area contributed by atoms with Crippen LogP contribution in [0.25, 0.3) is 11.2 Å². The van der Waals surface area contributed by atoms with E-state index in [1.165, 1.54) is 11.0 Å². The Balaban J connectivity index is 1.80. The Bertz CT molecular complexity index is 1120. The van der Waals surface area contributed by atoms with Gasteiger partial charge in [0.05, 0.1) is 13.1 Å². The number of nitrogens with one attached hydrogen (secondary N) is 1. The third kappa shape index (κ3) is 3.43. The van der Waals surface area contributed by atoms with Gasteiger partial charge >= 0.3 is 5.69 Å². The number of imidazole rings is 1. The van der Waals surface area contributed by atoms with Crippen LogP contribution in [0, 0.1) is 0 Å². The van der Waals surface area contributed by atoms with Crippen molar-refractivity contribution in [1.82, 2.24) is 24.0 Å². The molecule has 0 saturated carbocycles. The fraction of sp³-hybridized carbons (Fsp3) is 0.400. The predicted octanol–water partition coefficient (Wildman–Crippen LogP) is 1.29. The van der Waals surface area contributed by atoms with E-state index in [0.717, 1.165) is 25.9 Å². The molecule has 0 aliphatic carbocycles. The summed E-state index contributed by atoms with van der Waals surface area (Å²) in [4.78, 5) is 46.5. The number of nitrogens with zero attached hydrogens (tertiary/aromatic N) is 4.